The SMILES string of the molecule is COC(=O)C1(C(F)F)COc2c1cc(I)nc2Br. The summed E-state index contributed by atoms with van der Waals surface area (Å²) in [6, 6.07) is 1.41. The molecule has 0 aliphatic carbocycles. The van der Waals surface area contributed by atoms with Gasteiger partial charge in [0.25, 0.3) is 6.43 Å². The number of halogens is 4. The standard InChI is InChI=1S/C10H7BrF2INO3/c1-17-9(16)10(8(12)13)3-18-6-4(10)2-5(14)15-7(6)11/h2,8H,3H2,1H3. The molecule has 2 rings (SSSR count). The zero-order valence-corrected chi connectivity index (χ0v) is 12.8. The van der Waals surface area contributed by atoms with Crippen molar-refractivity contribution in [1.29, 1.82) is 0 Å². The first-order valence-electron chi connectivity index (χ1n) is 4.79. The second kappa shape index (κ2) is 4.87. The molecule has 1 aromatic rings. The van der Waals surface area contributed by atoms with Crippen molar-refractivity contribution >= 4 is 44.5 Å². The van der Waals surface area contributed by atoms with Crippen LogP contribution in [-0.4, -0.2) is 31.1 Å². The summed E-state index contributed by atoms with van der Waals surface area (Å²) in [7, 11) is 1.08. The Morgan fingerprint density at radius 2 is 2.39 bits per heavy atom. The quantitative estimate of drug-likeness (QED) is 0.408. The fraction of sp³-hybridized carbons (Fsp3) is 0.400. The van der Waals surface area contributed by atoms with Crippen molar-refractivity contribution in [3.05, 3.63) is 19.9 Å². The fourth-order valence-electron chi connectivity index (χ4n) is 1.83. The van der Waals surface area contributed by atoms with E-state index in [9.17, 15) is 13.6 Å². The summed E-state index contributed by atoms with van der Waals surface area (Å²) in [5, 5.41) is 0. The maximum Gasteiger partial charge on any atom is 0.325 e. The molecule has 1 unspecified atom stereocenters. The number of carbonyl (C=O) groups excluding carboxylic acids is 1. The summed E-state index contributed by atoms with van der Waals surface area (Å²) in [4.78, 5) is 15.8. The Balaban J connectivity index is 2.67. The van der Waals surface area contributed by atoms with Crippen LogP contribution in [0.5, 0.6) is 5.75 Å². The van der Waals surface area contributed by atoms with Gasteiger partial charge >= 0.3 is 5.97 Å². The van der Waals surface area contributed by atoms with E-state index in [0.29, 0.717) is 8.30 Å². The lowest BCUT2D eigenvalue weighted by molar-refractivity contribution is -0.155. The summed E-state index contributed by atoms with van der Waals surface area (Å²) >= 11 is 5.01. The van der Waals surface area contributed by atoms with Gasteiger partial charge in [0, 0.05) is 5.56 Å². The smallest absolute Gasteiger partial charge is 0.325 e. The third-order valence-electron chi connectivity index (χ3n) is 2.75. The van der Waals surface area contributed by atoms with Crippen LogP contribution < -0.4 is 4.74 Å². The van der Waals surface area contributed by atoms with Crippen molar-refractivity contribution in [2.75, 3.05) is 13.7 Å². The molecule has 18 heavy (non-hydrogen) atoms. The number of fused-ring (bicyclic) bond motifs is 1. The van der Waals surface area contributed by atoms with Crippen molar-refractivity contribution in [3.63, 3.8) is 0 Å². The van der Waals surface area contributed by atoms with Crippen molar-refractivity contribution in [2.45, 2.75) is 11.8 Å². The van der Waals surface area contributed by atoms with Crippen LogP contribution in [0.3, 0.4) is 0 Å². The third kappa shape index (κ3) is 1.89. The van der Waals surface area contributed by atoms with E-state index in [2.05, 4.69) is 25.7 Å². The van der Waals surface area contributed by atoms with Gasteiger partial charge in [-0.2, -0.15) is 0 Å². The molecule has 2 heterocycles. The predicted octanol–water partition coefficient (Wildman–Crippen LogP) is 2.52. The minimum absolute atomic E-state index is 0.107. The second-order valence-corrected chi connectivity index (χ2v) is 5.52. The average molecular weight is 434 g/mol. The third-order valence-corrected chi connectivity index (χ3v) is 3.84. The highest BCUT2D eigenvalue weighted by atomic mass is 127. The molecule has 98 valence electrons. The lowest BCUT2D eigenvalue weighted by Gasteiger charge is -2.23. The van der Waals surface area contributed by atoms with E-state index in [1.54, 1.807) is 0 Å². The van der Waals surface area contributed by atoms with E-state index in [4.69, 9.17) is 4.74 Å². The molecule has 0 bridgehead atoms. The Morgan fingerprint density at radius 1 is 1.72 bits per heavy atom. The van der Waals surface area contributed by atoms with E-state index in [0.717, 1.165) is 7.11 Å². The average Bonchev–Trinajstić information content (AvgIpc) is 2.68. The van der Waals surface area contributed by atoms with Crippen LogP contribution in [0.2, 0.25) is 0 Å². The first-order valence-corrected chi connectivity index (χ1v) is 6.66. The Labute approximate surface area is 123 Å². The minimum Gasteiger partial charge on any atom is -0.489 e. The van der Waals surface area contributed by atoms with Crippen LogP contribution in [0.4, 0.5) is 8.78 Å². The molecule has 0 fully saturated rings. The zero-order chi connectivity index (χ0) is 13.5. The van der Waals surface area contributed by atoms with Gasteiger partial charge in [-0.1, -0.05) is 0 Å². The number of nitrogens with zero attached hydrogens (tertiary/aromatic N) is 1. The van der Waals surface area contributed by atoms with Crippen LogP contribution >= 0.6 is 38.5 Å². The van der Waals surface area contributed by atoms with Gasteiger partial charge in [0.15, 0.2) is 11.2 Å². The molecule has 0 saturated heterocycles. The number of hydrogen-bond acceptors (Lipinski definition) is 4. The Bertz CT molecular complexity index is 514. The number of carbonyl (C=O) groups is 1. The molecule has 0 N–H and O–H groups in total. The first-order chi connectivity index (χ1) is 8.43. The van der Waals surface area contributed by atoms with E-state index >= 15 is 0 Å². The van der Waals surface area contributed by atoms with Crippen LogP contribution in [0.1, 0.15) is 5.56 Å². The number of rotatable bonds is 2. The fourth-order valence-corrected chi connectivity index (χ4v) is 3.23. The monoisotopic (exact) mass is 433 g/mol. The maximum absolute atomic E-state index is 13.4. The molecule has 8 heteroatoms. The van der Waals surface area contributed by atoms with Gasteiger partial charge in [-0.25, -0.2) is 13.8 Å². The number of pyridine rings is 1. The number of esters is 1. The number of alkyl halides is 2. The summed E-state index contributed by atoms with van der Waals surface area (Å²) in [5.41, 5.74) is -1.97. The molecule has 1 aliphatic heterocycles. The second-order valence-electron chi connectivity index (χ2n) is 3.66. The summed E-state index contributed by atoms with van der Waals surface area (Å²) in [6.45, 7) is -0.451. The normalized spacial score (nSPS) is 21.7. The van der Waals surface area contributed by atoms with Crippen molar-refractivity contribution < 1.29 is 23.0 Å². The van der Waals surface area contributed by atoms with Crippen molar-refractivity contribution in [2.24, 2.45) is 0 Å². The largest absolute Gasteiger partial charge is 0.489 e. The van der Waals surface area contributed by atoms with E-state index in [1.807, 2.05) is 22.6 Å². The summed E-state index contributed by atoms with van der Waals surface area (Å²) in [5.74, 6) is -0.841. The Hall–Kier alpha value is -0.510. The lowest BCUT2D eigenvalue weighted by Crippen LogP contribution is -2.45. The number of ether oxygens (including phenoxy) is 2. The van der Waals surface area contributed by atoms with E-state index in [1.165, 1.54) is 6.07 Å². The number of methoxy groups -OCH3 is 1. The molecule has 1 atom stereocenters. The summed E-state index contributed by atoms with van der Waals surface area (Å²) in [6.07, 6.45) is -2.92. The predicted molar refractivity (Wildman–Crippen MR) is 69.8 cm³/mol. The van der Waals surface area contributed by atoms with Gasteiger partial charge in [-0.3, -0.25) is 4.79 Å². The molecule has 1 aromatic heterocycles. The van der Waals surface area contributed by atoms with Crippen LogP contribution in [0, 0.1) is 3.70 Å². The minimum atomic E-state index is -2.92. The van der Waals surface area contributed by atoms with Crippen LogP contribution in [0.25, 0.3) is 0 Å². The van der Waals surface area contributed by atoms with Gasteiger partial charge in [-0.15, -0.1) is 0 Å². The number of hydrogen-bond donors (Lipinski definition) is 0. The molecule has 4 nitrogen and oxygen atoms in total. The highest BCUT2D eigenvalue weighted by Gasteiger charge is 2.57. The highest BCUT2D eigenvalue weighted by molar-refractivity contribution is 14.1. The summed E-state index contributed by atoms with van der Waals surface area (Å²) < 4.78 is 37.2. The van der Waals surface area contributed by atoms with E-state index < -0.39 is 24.4 Å². The molecule has 0 spiro atoms. The number of aromatic nitrogens is 1. The maximum atomic E-state index is 13.4. The van der Waals surface area contributed by atoms with E-state index in [-0.39, 0.29) is 11.3 Å². The molecule has 1 aliphatic rings. The molecule has 0 saturated carbocycles. The highest BCUT2D eigenvalue weighted by Crippen LogP contribution is 2.46. The van der Waals surface area contributed by atoms with Gasteiger partial charge in [-0.05, 0) is 44.6 Å². The molecular formula is C10H7BrF2INO3. The zero-order valence-electron chi connectivity index (χ0n) is 9.05. The molecule has 0 amide bonds. The topological polar surface area (TPSA) is 48.4 Å². The molecule has 0 radical (unpaired) electrons. The Morgan fingerprint density at radius 3 is 2.94 bits per heavy atom. The molecule has 0 aromatic carbocycles. The van der Waals surface area contributed by atoms with Gasteiger partial charge in [0.1, 0.15) is 14.9 Å². The lowest BCUT2D eigenvalue weighted by atomic mass is 9.83. The van der Waals surface area contributed by atoms with Crippen LogP contribution in [-0.2, 0) is 14.9 Å². The van der Waals surface area contributed by atoms with Crippen molar-refractivity contribution in [1.82, 2.24) is 4.98 Å². The van der Waals surface area contributed by atoms with Crippen LogP contribution in [0.15, 0.2) is 10.7 Å². The van der Waals surface area contributed by atoms with Gasteiger partial charge in [0.2, 0.25) is 0 Å². The van der Waals surface area contributed by atoms with Crippen molar-refractivity contribution in [3.8, 4) is 5.75 Å². The Kier molecular flexibility index (Phi) is 3.77. The molecular weight excluding hydrogens is 427 g/mol. The van der Waals surface area contributed by atoms with Gasteiger partial charge in [0.05, 0.1) is 7.11 Å². The first kappa shape index (κ1) is 13.9. The van der Waals surface area contributed by atoms with Gasteiger partial charge < -0.3 is 9.47 Å².